The van der Waals surface area contributed by atoms with E-state index in [0.717, 1.165) is 67.3 Å². The van der Waals surface area contributed by atoms with Crippen molar-refractivity contribution < 1.29 is 4.74 Å². The molecule has 38 heavy (non-hydrogen) atoms. The maximum Gasteiger partial charge on any atom is 0.127 e. The van der Waals surface area contributed by atoms with Crippen molar-refractivity contribution in [2.45, 2.75) is 13.8 Å². The second kappa shape index (κ2) is 9.52. The average molecular weight is 497 g/mol. The predicted molar refractivity (Wildman–Crippen MR) is 158 cm³/mol. The molecule has 2 heterocycles. The van der Waals surface area contributed by atoms with E-state index < -0.39 is 0 Å². The lowest BCUT2D eigenvalue weighted by Crippen LogP contribution is -1.93. The standard InChI is InChI=1S/C33H28N4O/c1-20(34)24-4-6-26-18-30(36-32(26)16-24)22-8-12-28(13-9-22)38-29-14-10-23(11-15-29)31-19-27-7-5-25(21(2)35-3)17-33(27)37-31/h4-19,34,36-37H,1-3H3. The highest BCUT2D eigenvalue weighted by Crippen LogP contribution is 2.30. The molecule has 0 aliphatic heterocycles. The molecule has 186 valence electrons. The molecule has 0 atom stereocenters. The van der Waals surface area contributed by atoms with Crippen LogP contribution in [0.3, 0.4) is 0 Å². The number of hydrogen-bond donors (Lipinski definition) is 3. The van der Waals surface area contributed by atoms with E-state index in [2.05, 4.69) is 75.6 Å². The maximum absolute atomic E-state index is 7.87. The van der Waals surface area contributed by atoms with E-state index in [0.29, 0.717) is 5.71 Å². The number of aliphatic imine (C=N–C) groups is 1. The van der Waals surface area contributed by atoms with Crippen molar-refractivity contribution in [3.63, 3.8) is 0 Å². The fourth-order valence-electron chi connectivity index (χ4n) is 4.69. The number of benzene rings is 4. The minimum Gasteiger partial charge on any atom is -0.457 e. The smallest absolute Gasteiger partial charge is 0.127 e. The lowest BCUT2D eigenvalue weighted by atomic mass is 10.1. The molecule has 0 amide bonds. The highest BCUT2D eigenvalue weighted by Gasteiger charge is 2.08. The summed E-state index contributed by atoms with van der Waals surface area (Å²) in [6, 6.07) is 33.0. The van der Waals surface area contributed by atoms with Crippen LogP contribution in [-0.2, 0) is 0 Å². The lowest BCUT2D eigenvalue weighted by Gasteiger charge is -2.07. The second-order valence-corrected chi connectivity index (χ2v) is 9.55. The fourth-order valence-corrected chi connectivity index (χ4v) is 4.69. The van der Waals surface area contributed by atoms with Gasteiger partial charge in [-0.25, -0.2) is 0 Å². The predicted octanol–water partition coefficient (Wildman–Crippen LogP) is 8.60. The highest BCUT2D eigenvalue weighted by atomic mass is 16.5. The van der Waals surface area contributed by atoms with Crippen molar-refractivity contribution in [2.75, 3.05) is 7.05 Å². The maximum atomic E-state index is 7.87. The van der Waals surface area contributed by atoms with Gasteiger partial charge in [0.2, 0.25) is 0 Å². The van der Waals surface area contributed by atoms with Gasteiger partial charge in [0.1, 0.15) is 11.5 Å². The minimum atomic E-state index is 0.561. The van der Waals surface area contributed by atoms with Crippen LogP contribution >= 0.6 is 0 Å². The van der Waals surface area contributed by atoms with E-state index in [1.165, 1.54) is 5.39 Å². The second-order valence-electron chi connectivity index (χ2n) is 9.55. The Morgan fingerprint density at radius 1 is 0.632 bits per heavy atom. The minimum absolute atomic E-state index is 0.561. The van der Waals surface area contributed by atoms with Crippen molar-refractivity contribution in [1.82, 2.24) is 9.97 Å². The summed E-state index contributed by atoms with van der Waals surface area (Å²) in [7, 11) is 1.82. The summed E-state index contributed by atoms with van der Waals surface area (Å²) in [5.41, 5.74) is 10.1. The number of aromatic amines is 2. The number of nitrogens with one attached hydrogen (secondary N) is 3. The topological polar surface area (TPSA) is 77.0 Å². The lowest BCUT2D eigenvalue weighted by molar-refractivity contribution is 0.483. The van der Waals surface area contributed by atoms with Gasteiger partial charge >= 0.3 is 0 Å². The van der Waals surface area contributed by atoms with Crippen molar-refractivity contribution >= 4 is 33.2 Å². The Kier molecular flexibility index (Phi) is 5.89. The van der Waals surface area contributed by atoms with Gasteiger partial charge in [-0.3, -0.25) is 4.99 Å². The molecule has 0 bridgehead atoms. The van der Waals surface area contributed by atoms with Gasteiger partial charge in [-0.15, -0.1) is 0 Å². The summed E-state index contributed by atoms with van der Waals surface area (Å²) in [6.07, 6.45) is 0. The zero-order valence-corrected chi connectivity index (χ0v) is 21.6. The molecule has 0 radical (unpaired) electrons. The zero-order chi connectivity index (χ0) is 26.2. The fraction of sp³-hybridized carbons (Fsp3) is 0.0909. The molecule has 6 rings (SSSR count). The Hall–Kier alpha value is -4.90. The van der Waals surface area contributed by atoms with Gasteiger partial charge in [0.15, 0.2) is 0 Å². The Balaban J connectivity index is 1.17. The van der Waals surface area contributed by atoms with Crippen molar-refractivity contribution in [3.05, 3.63) is 108 Å². The molecule has 0 fully saturated rings. The zero-order valence-electron chi connectivity index (χ0n) is 21.6. The van der Waals surface area contributed by atoms with Gasteiger partial charge in [-0.2, -0.15) is 0 Å². The van der Waals surface area contributed by atoms with Crippen LogP contribution in [-0.4, -0.2) is 28.4 Å². The van der Waals surface area contributed by atoms with Gasteiger partial charge in [-0.1, -0.05) is 24.3 Å². The number of H-pyrrole nitrogens is 2. The third kappa shape index (κ3) is 4.50. The molecule has 0 spiro atoms. The normalized spacial score (nSPS) is 11.8. The average Bonchev–Trinajstić information content (AvgIpc) is 3.57. The van der Waals surface area contributed by atoms with Gasteiger partial charge in [0, 0.05) is 51.7 Å². The van der Waals surface area contributed by atoms with Crippen LogP contribution in [0.4, 0.5) is 0 Å². The SMILES string of the molecule is CN=C(C)c1ccc2cc(-c3ccc(Oc4ccc(-c5cc6ccc(C(C)=N)cc6[nH]5)cc4)cc3)[nH]c2c1. The van der Waals surface area contributed by atoms with Crippen LogP contribution in [0.2, 0.25) is 0 Å². The molecule has 4 aromatic carbocycles. The van der Waals surface area contributed by atoms with Gasteiger partial charge < -0.3 is 20.1 Å². The quantitative estimate of drug-likeness (QED) is 0.198. The number of aromatic nitrogens is 2. The van der Waals surface area contributed by atoms with Crippen LogP contribution in [0.15, 0.2) is 102 Å². The van der Waals surface area contributed by atoms with E-state index in [4.69, 9.17) is 10.1 Å². The molecule has 0 unspecified atom stereocenters. The largest absolute Gasteiger partial charge is 0.457 e. The van der Waals surface area contributed by atoms with E-state index >= 15 is 0 Å². The molecule has 0 aliphatic rings. The summed E-state index contributed by atoms with van der Waals surface area (Å²) in [5.74, 6) is 1.57. The Morgan fingerprint density at radius 3 is 1.58 bits per heavy atom. The van der Waals surface area contributed by atoms with Crippen molar-refractivity contribution in [2.24, 2.45) is 4.99 Å². The molecular weight excluding hydrogens is 468 g/mol. The van der Waals surface area contributed by atoms with Crippen molar-refractivity contribution in [1.29, 1.82) is 5.41 Å². The van der Waals surface area contributed by atoms with Crippen molar-refractivity contribution in [3.8, 4) is 34.0 Å². The van der Waals surface area contributed by atoms with Gasteiger partial charge in [0.05, 0.1) is 0 Å². The number of ether oxygens (including phenoxy) is 1. The molecule has 6 aromatic rings. The summed E-state index contributed by atoms with van der Waals surface area (Å²) in [5, 5.41) is 10.2. The molecular formula is C33H28N4O. The van der Waals surface area contributed by atoms with Gasteiger partial charge in [0.25, 0.3) is 0 Å². The third-order valence-electron chi connectivity index (χ3n) is 7.00. The summed E-state index contributed by atoms with van der Waals surface area (Å²) < 4.78 is 6.12. The Labute approximate surface area is 221 Å². The highest BCUT2D eigenvalue weighted by molar-refractivity contribution is 6.02. The van der Waals surface area contributed by atoms with E-state index in [1.54, 1.807) is 6.92 Å². The number of fused-ring (bicyclic) bond motifs is 2. The van der Waals surface area contributed by atoms with Crippen LogP contribution in [0, 0.1) is 5.41 Å². The first-order valence-corrected chi connectivity index (χ1v) is 12.6. The third-order valence-corrected chi connectivity index (χ3v) is 7.00. The van der Waals surface area contributed by atoms with Crippen LogP contribution in [0.5, 0.6) is 11.5 Å². The Bertz CT molecular complexity index is 1820. The first-order valence-electron chi connectivity index (χ1n) is 12.6. The number of rotatable bonds is 6. The molecule has 0 saturated carbocycles. The van der Waals surface area contributed by atoms with E-state index in [1.807, 2.05) is 50.4 Å². The van der Waals surface area contributed by atoms with E-state index in [9.17, 15) is 0 Å². The summed E-state index contributed by atoms with van der Waals surface area (Å²) in [6.45, 7) is 3.83. The number of nitrogens with zero attached hydrogens (tertiary/aromatic N) is 1. The molecule has 0 saturated heterocycles. The van der Waals surface area contributed by atoms with Crippen LogP contribution < -0.4 is 4.74 Å². The first kappa shape index (κ1) is 23.5. The van der Waals surface area contributed by atoms with Crippen LogP contribution in [0.25, 0.3) is 44.3 Å². The van der Waals surface area contributed by atoms with Crippen LogP contribution in [0.1, 0.15) is 25.0 Å². The molecule has 5 nitrogen and oxygen atoms in total. The molecule has 0 aliphatic carbocycles. The molecule has 3 N–H and O–H groups in total. The number of hydrogen-bond acceptors (Lipinski definition) is 3. The molecule has 5 heteroatoms. The van der Waals surface area contributed by atoms with Gasteiger partial charge in [-0.05, 0) is 109 Å². The Morgan fingerprint density at radius 2 is 1.11 bits per heavy atom. The van der Waals surface area contributed by atoms with E-state index in [-0.39, 0.29) is 0 Å². The summed E-state index contributed by atoms with van der Waals surface area (Å²) in [4.78, 5) is 11.3. The summed E-state index contributed by atoms with van der Waals surface area (Å²) >= 11 is 0. The first-order chi connectivity index (χ1) is 18.5. The molecule has 2 aromatic heterocycles. The monoisotopic (exact) mass is 496 g/mol.